The molecule has 2 aromatic rings. The molecule has 1 saturated heterocycles. The van der Waals surface area contributed by atoms with Gasteiger partial charge in [0.2, 0.25) is 0 Å². The summed E-state index contributed by atoms with van der Waals surface area (Å²) in [6.45, 7) is 4.21. The molecule has 6 heteroatoms. The number of rotatable bonds is 4. The van der Waals surface area contributed by atoms with Crippen molar-refractivity contribution in [2.24, 2.45) is 0 Å². The van der Waals surface area contributed by atoms with Crippen LogP contribution in [0.2, 0.25) is 10.0 Å². The predicted molar refractivity (Wildman–Crippen MR) is 104 cm³/mol. The molecule has 132 valence electrons. The molecular weight excluding hydrogens is 357 g/mol. The van der Waals surface area contributed by atoms with Crippen molar-refractivity contribution < 1.29 is 4.79 Å². The highest BCUT2D eigenvalue weighted by Gasteiger charge is 2.21. The third-order valence-corrected chi connectivity index (χ3v) is 4.94. The van der Waals surface area contributed by atoms with Crippen molar-refractivity contribution in [3.8, 4) is 0 Å². The van der Waals surface area contributed by atoms with Gasteiger partial charge in [-0.15, -0.1) is 0 Å². The molecule has 0 aromatic heterocycles. The lowest BCUT2D eigenvalue weighted by molar-refractivity contribution is 0.148. The molecule has 0 saturated carbocycles. The van der Waals surface area contributed by atoms with E-state index in [-0.39, 0.29) is 6.03 Å². The molecule has 1 aliphatic heterocycles. The van der Waals surface area contributed by atoms with E-state index in [1.165, 1.54) is 5.56 Å². The van der Waals surface area contributed by atoms with Crippen molar-refractivity contribution in [1.82, 2.24) is 9.80 Å². The Balaban J connectivity index is 1.46. The molecule has 2 aromatic carbocycles. The normalized spacial score (nSPS) is 15.2. The minimum Gasteiger partial charge on any atom is -0.322 e. The van der Waals surface area contributed by atoms with Gasteiger partial charge in [-0.2, -0.15) is 0 Å². The smallest absolute Gasteiger partial charge is 0.321 e. The number of piperazine rings is 1. The number of nitrogens with one attached hydrogen (secondary N) is 1. The van der Waals surface area contributed by atoms with Gasteiger partial charge < -0.3 is 10.2 Å². The zero-order valence-electron chi connectivity index (χ0n) is 13.9. The van der Waals surface area contributed by atoms with E-state index in [1.54, 1.807) is 18.2 Å². The number of carbonyl (C=O) groups excluding carboxylic acids is 1. The van der Waals surface area contributed by atoms with Crippen LogP contribution < -0.4 is 5.32 Å². The SMILES string of the molecule is O=C(Nc1ccc(Cl)cc1Cl)N1CCN(CCc2ccccc2)CC1. The highest BCUT2D eigenvalue weighted by atomic mass is 35.5. The molecule has 4 nitrogen and oxygen atoms in total. The number of hydrogen-bond donors (Lipinski definition) is 1. The van der Waals surface area contributed by atoms with Gasteiger partial charge in [0.05, 0.1) is 10.7 Å². The number of halogens is 2. The van der Waals surface area contributed by atoms with Gasteiger partial charge in [-0.1, -0.05) is 53.5 Å². The van der Waals surface area contributed by atoms with Crippen molar-refractivity contribution in [3.05, 3.63) is 64.1 Å². The summed E-state index contributed by atoms with van der Waals surface area (Å²) < 4.78 is 0. The van der Waals surface area contributed by atoms with Gasteiger partial charge in [-0.05, 0) is 30.2 Å². The lowest BCUT2D eigenvalue weighted by Gasteiger charge is -2.34. The summed E-state index contributed by atoms with van der Waals surface area (Å²) in [5, 5.41) is 3.86. The average Bonchev–Trinajstić information content (AvgIpc) is 2.63. The molecule has 1 aliphatic rings. The predicted octanol–water partition coefficient (Wildman–Crippen LogP) is 4.39. The van der Waals surface area contributed by atoms with E-state index >= 15 is 0 Å². The second-order valence-corrected chi connectivity index (χ2v) is 6.96. The van der Waals surface area contributed by atoms with Crippen LogP contribution >= 0.6 is 23.2 Å². The molecule has 0 aliphatic carbocycles. The molecule has 1 N–H and O–H groups in total. The highest BCUT2D eigenvalue weighted by Crippen LogP contribution is 2.25. The van der Waals surface area contributed by atoms with Gasteiger partial charge in [0.25, 0.3) is 0 Å². The molecule has 0 spiro atoms. The maximum Gasteiger partial charge on any atom is 0.321 e. The molecule has 0 radical (unpaired) electrons. The first-order valence-corrected chi connectivity index (χ1v) is 9.15. The molecule has 0 atom stereocenters. The van der Waals surface area contributed by atoms with Crippen LogP contribution in [0.25, 0.3) is 0 Å². The topological polar surface area (TPSA) is 35.6 Å². The fraction of sp³-hybridized carbons (Fsp3) is 0.316. The Bertz CT molecular complexity index is 716. The molecule has 1 heterocycles. The van der Waals surface area contributed by atoms with E-state index in [4.69, 9.17) is 23.2 Å². The summed E-state index contributed by atoms with van der Waals surface area (Å²) in [6.07, 6.45) is 1.04. The van der Waals surface area contributed by atoms with E-state index < -0.39 is 0 Å². The molecule has 25 heavy (non-hydrogen) atoms. The van der Waals surface area contributed by atoms with E-state index in [1.807, 2.05) is 11.0 Å². The van der Waals surface area contributed by atoms with Crippen LogP contribution in [0.1, 0.15) is 5.56 Å². The summed E-state index contributed by atoms with van der Waals surface area (Å²) >= 11 is 12.0. The first-order valence-electron chi connectivity index (χ1n) is 8.39. The number of urea groups is 1. The molecule has 3 rings (SSSR count). The van der Waals surface area contributed by atoms with Crippen molar-refractivity contribution in [2.75, 3.05) is 38.0 Å². The Labute approximate surface area is 158 Å². The van der Waals surface area contributed by atoms with Crippen LogP contribution in [0.3, 0.4) is 0 Å². The summed E-state index contributed by atoms with van der Waals surface area (Å²) in [4.78, 5) is 16.6. The van der Waals surface area contributed by atoms with Gasteiger partial charge in [0.15, 0.2) is 0 Å². The van der Waals surface area contributed by atoms with Crippen LogP contribution in [0.5, 0.6) is 0 Å². The second-order valence-electron chi connectivity index (χ2n) is 6.12. The van der Waals surface area contributed by atoms with E-state index in [9.17, 15) is 4.79 Å². The highest BCUT2D eigenvalue weighted by molar-refractivity contribution is 6.36. The van der Waals surface area contributed by atoms with Crippen molar-refractivity contribution in [3.63, 3.8) is 0 Å². The van der Waals surface area contributed by atoms with Gasteiger partial charge >= 0.3 is 6.03 Å². The third kappa shape index (κ3) is 5.11. The summed E-state index contributed by atoms with van der Waals surface area (Å²) in [5.41, 5.74) is 1.93. The molecular formula is C19H21Cl2N3O. The number of hydrogen-bond acceptors (Lipinski definition) is 2. The van der Waals surface area contributed by atoms with Crippen molar-refractivity contribution in [2.45, 2.75) is 6.42 Å². The summed E-state index contributed by atoms with van der Waals surface area (Å²) in [6, 6.07) is 15.4. The third-order valence-electron chi connectivity index (χ3n) is 4.39. The fourth-order valence-corrected chi connectivity index (χ4v) is 3.35. The maximum absolute atomic E-state index is 12.4. The summed E-state index contributed by atoms with van der Waals surface area (Å²) in [7, 11) is 0. The minimum atomic E-state index is -0.119. The standard InChI is InChI=1S/C19H21Cl2N3O/c20-16-6-7-18(17(21)14-16)22-19(25)24-12-10-23(11-13-24)9-8-15-4-2-1-3-5-15/h1-7,14H,8-13H2,(H,22,25). The lowest BCUT2D eigenvalue weighted by atomic mass is 10.1. The van der Waals surface area contributed by atoms with Crippen LogP contribution in [-0.2, 0) is 6.42 Å². The molecule has 0 bridgehead atoms. The van der Waals surface area contributed by atoms with E-state index in [2.05, 4.69) is 34.5 Å². The molecule has 2 amide bonds. The zero-order valence-corrected chi connectivity index (χ0v) is 15.4. The zero-order chi connectivity index (χ0) is 17.6. The van der Waals surface area contributed by atoms with Crippen molar-refractivity contribution >= 4 is 34.9 Å². The first kappa shape index (κ1) is 18.1. The van der Waals surface area contributed by atoms with Crippen LogP contribution in [0, 0.1) is 0 Å². The maximum atomic E-state index is 12.4. The fourth-order valence-electron chi connectivity index (χ4n) is 2.89. The van der Waals surface area contributed by atoms with E-state index in [0.29, 0.717) is 28.8 Å². The monoisotopic (exact) mass is 377 g/mol. The number of anilines is 1. The van der Waals surface area contributed by atoms with E-state index in [0.717, 1.165) is 26.1 Å². The number of nitrogens with zero attached hydrogens (tertiary/aromatic N) is 2. The average molecular weight is 378 g/mol. The first-order chi connectivity index (χ1) is 12.1. The summed E-state index contributed by atoms with van der Waals surface area (Å²) in [5.74, 6) is 0. The Morgan fingerprint density at radius 2 is 1.72 bits per heavy atom. The Morgan fingerprint density at radius 1 is 1.00 bits per heavy atom. The lowest BCUT2D eigenvalue weighted by Crippen LogP contribution is -2.50. The van der Waals surface area contributed by atoms with Gasteiger partial charge in [-0.25, -0.2) is 4.79 Å². The Hall–Kier alpha value is -1.75. The van der Waals surface area contributed by atoms with Gasteiger partial charge in [-0.3, -0.25) is 4.90 Å². The molecule has 0 unspecified atom stereocenters. The van der Waals surface area contributed by atoms with Gasteiger partial charge in [0.1, 0.15) is 0 Å². The second kappa shape index (κ2) is 8.56. The number of amides is 2. The number of carbonyl (C=O) groups is 1. The van der Waals surface area contributed by atoms with Crippen LogP contribution in [0.4, 0.5) is 10.5 Å². The molecule has 1 fully saturated rings. The number of benzene rings is 2. The Kier molecular flexibility index (Phi) is 6.19. The van der Waals surface area contributed by atoms with Gasteiger partial charge in [0, 0.05) is 37.7 Å². The largest absolute Gasteiger partial charge is 0.322 e. The Morgan fingerprint density at radius 3 is 2.40 bits per heavy atom. The van der Waals surface area contributed by atoms with Crippen LogP contribution in [-0.4, -0.2) is 48.6 Å². The van der Waals surface area contributed by atoms with Crippen LogP contribution in [0.15, 0.2) is 48.5 Å². The quantitative estimate of drug-likeness (QED) is 0.857. The van der Waals surface area contributed by atoms with Crippen molar-refractivity contribution in [1.29, 1.82) is 0 Å². The minimum absolute atomic E-state index is 0.119.